The lowest BCUT2D eigenvalue weighted by Gasteiger charge is -2.18. The van der Waals surface area contributed by atoms with Crippen molar-refractivity contribution in [1.29, 1.82) is 0 Å². The predicted molar refractivity (Wildman–Crippen MR) is 297 cm³/mol. The van der Waals surface area contributed by atoms with Gasteiger partial charge in [-0.15, -0.1) is 0 Å². The molecule has 0 radical (unpaired) electrons. The summed E-state index contributed by atoms with van der Waals surface area (Å²) < 4.78 is 16.8. The molecule has 0 saturated heterocycles. The third-order valence-electron chi connectivity index (χ3n) is 11.8. The molecule has 0 spiro atoms. The first-order valence-corrected chi connectivity index (χ1v) is 28.4. The number of unbranched alkanes of at least 4 members (excludes halogenated alkanes) is 21. The second-order valence-electron chi connectivity index (χ2n) is 18.4. The molecule has 0 bridgehead atoms. The van der Waals surface area contributed by atoms with Gasteiger partial charge in [0.05, 0.1) is 0 Å². The third-order valence-corrected chi connectivity index (χ3v) is 11.8. The lowest BCUT2D eigenvalue weighted by atomic mass is 10.0. The standard InChI is InChI=1S/C63H104O6/c1-4-7-10-13-16-18-20-22-24-26-27-28-29-30-31-32-33-34-35-37-38-40-42-44-47-50-53-56-62(65)68-59-60(58-67-61(64)55-52-49-46-15-12-9-6-3)69-63(66)57-54-51-48-45-43-41-39-36-25-23-21-19-17-14-11-8-5-2/h7-8,10-11,16-19,22-25,27-28,30-31,39,41,60H,4-6,9,12-15,20-21,26,29,32-38,40,42-59H2,1-3H3/b10-7-,11-8-,18-16-,19-17-,24-22-,25-23-,28-27-,31-30-,41-39-. The van der Waals surface area contributed by atoms with Gasteiger partial charge in [0.2, 0.25) is 0 Å². The van der Waals surface area contributed by atoms with Gasteiger partial charge in [0.15, 0.2) is 6.10 Å². The molecule has 0 aromatic rings. The highest BCUT2D eigenvalue weighted by Crippen LogP contribution is 2.15. The Hall–Kier alpha value is -3.93. The smallest absolute Gasteiger partial charge is 0.306 e. The second kappa shape index (κ2) is 56.7. The normalized spacial score (nSPS) is 12.9. The minimum Gasteiger partial charge on any atom is -0.462 e. The van der Waals surface area contributed by atoms with Gasteiger partial charge in [0.1, 0.15) is 13.2 Å². The molecule has 69 heavy (non-hydrogen) atoms. The van der Waals surface area contributed by atoms with Crippen molar-refractivity contribution in [2.75, 3.05) is 13.2 Å². The van der Waals surface area contributed by atoms with Gasteiger partial charge in [-0.05, 0) is 103 Å². The molecule has 0 amide bonds. The maximum atomic E-state index is 12.8. The predicted octanol–water partition coefficient (Wildman–Crippen LogP) is 19.1. The summed E-state index contributed by atoms with van der Waals surface area (Å²) in [5.74, 6) is -0.923. The summed E-state index contributed by atoms with van der Waals surface area (Å²) in [6.45, 7) is 6.34. The van der Waals surface area contributed by atoms with Crippen molar-refractivity contribution in [3.63, 3.8) is 0 Å². The van der Waals surface area contributed by atoms with Crippen molar-refractivity contribution in [1.82, 2.24) is 0 Å². The largest absolute Gasteiger partial charge is 0.462 e. The number of rotatable bonds is 50. The third kappa shape index (κ3) is 54.9. The molecule has 0 heterocycles. The minimum absolute atomic E-state index is 0.0890. The Bertz CT molecular complexity index is 1420. The van der Waals surface area contributed by atoms with Crippen LogP contribution in [0.25, 0.3) is 0 Å². The number of esters is 3. The van der Waals surface area contributed by atoms with Gasteiger partial charge in [-0.25, -0.2) is 0 Å². The highest BCUT2D eigenvalue weighted by molar-refractivity contribution is 5.71. The summed E-state index contributed by atoms with van der Waals surface area (Å²) in [5, 5.41) is 0. The molecule has 392 valence electrons. The quantitative estimate of drug-likeness (QED) is 0.0262. The van der Waals surface area contributed by atoms with Crippen LogP contribution >= 0.6 is 0 Å². The number of carbonyl (C=O) groups excluding carboxylic acids is 3. The van der Waals surface area contributed by atoms with Crippen LogP contribution in [0.3, 0.4) is 0 Å². The van der Waals surface area contributed by atoms with Crippen molar-refractivity contribution >= 4 is 17.9 Å². The number of carbonyl (C=O) groups is 3. The molecule has 0 fully saturated rings. The Labute approximate surface area is 425 Å². The van der Waals surface area contributed by atoms with Crippen LogP contribution in [-0.2, 0) is 28.6 Å². The van der Waals surface area contributed by atoms with Crippen molar-refractivity contribution in [3.8, 4) is 0 Å². The SMILES string of the molecule is CC/C=C\C/C=C\C/C=C\C/C=C\C/C=C\CCCCCCCCCCCCCC(=O)OCC(COC(=O)CCCCCCCCC)OC(=O)CCCCCC/C=C\C/C=C\C/C=C\C/C=C\CC. The van der Waals surface area contributed by atoms with Crippen LogP contribution in [0.4, 0.5) is 0 Å². The first-order valence-electron chi connectivity index (χ1n) is 28.4. The zero-order chi connectivity index (χ0) is 50.0. The average Bonchev–Trinajstić information content (AvgIpc) is 3.35. The van der Waals surface area contributed by atoms with Crippen LogP contribution in [0.5, 0.6) is 0 Å². The second-order valence-corrected chi connectivity index (χ2v) is 18.4. The van der Waals surface area contributed by atoms with Gasteiger partial charge in [-0.1, -0.05) is 239 Å². The molecule has 0 N–H and O–H groups in total. The molecule has 6 nitrogen and oxygen atoms in total. The van der Waals surface area contributed by atoms with E-state index in [0.29, 0.717) is 19.3 Å². The van der Waals surface area contributed by atoms with E-state index in [1.165, 1.54) is 83.5 Å². The van der Waals surface area contributed by atoms with E-state index >= 15 is 0 Å². The maximum Gasteiger partial charge on any atom is 0.306 e. The lowest BCUT2D eigenvalue weighted by molar-refractivity contribution is -0.167. The van der Waals surface area contributed by atoms with Crippen molar-refractivity contribution in [3.05, 3.63) is 109 Å². The topological polar surface area (TPSA) is 78.9 Å². The number of ether oxygens (including phenoxy) is 3. The number of hydrogen-bond acceptors (Lipinski definition) is 6. The number of hydrogen-bond donors (Lipinski definition) is 0. The van der Waals surface area contributed by atoms with Gasteiger partial charge < -0.3 is 14.2 Å². The van der Waals surface area contributed by atoms with Gasteiger partial charge in [0.25, 0.3) is 0 Å². The van der Waals surface area contributed by atoms with Crippen LogP contribution in [0.15, 0.2) is 109 Å². The van der Waals surface area contributed by atoms with E-state index in [1.807, 2.05) is 0 Å². The molecule has 0 aromatic carbocycles. The average molecular weight is 958 g/mol. The Morgan fingerprint density at radius 1 is 0.304 bits per heavy atom. The molecular formula is C63H104O6. The van der Waals surface area contributed by atoms with E-state index in [2.05, 4.69) is 130 Å². The summed E-state index contributed by atoms with van der Waals surface area (Å²) in [6.07, 6.45) is 76.7. The molecule has 0 aromatic heterocycles. The Balaban J connectivity index is 4.20. The molecule has 1 unspecified atom stereocenters. The summed E-state index contributed by atoms with van der Waals surface area (Å²) in [7, 11) is 0. The fraction of sp³-hybridized carbons (Fsp3) is 0.667. The lowest BCUT2D eigenvalue weighted by Crippen LogP contribution is -2.30. The van der Waals surface area contributed by atoms with Crippen molar-refractivity contribution in [2.24, 2.45) is 0 Å². The molecule has 6 heteroatoms. The highest BCUT2D eigenvalue weighted by Gasteiger charge is 2.19. The molecule has 1 atom stereocenters. The van der Waals surface area contributed by atoms with E-state index in [0.717, 1.165) is 128 Å². The molecule has 0 aliphatic carbocycles. The highest BCUT2D eigenvalue weighted by atomic mass is 16.6. The van der Waals surface area contributed by atoms with Gasteiger partial charge in [0, 0.05) is 19.3 Å². The monoisotopic (exact) mass is 957 g/mol. The van der Waals surface area contributed by atoms with E-state index in [1.54, 1.807) is 0 Å². The van der Waals surface area contributed by atoms with Crippen LogP contribution in [0.2, 0.25) is 0 Å². The van der Waals surface area contributed by atoms with Crippen LogP contribution in [0.1, 0.15) is 252 Å². The van der Waals surface area contributed by atoms with E-state index in [4.69, 9.17) is 14.2 Å². The first-order chi connectivity index (χ1) is 34.0. The molecule has 0 rings (SSSR count). The summed E-state index contributed by atoms with van der Waals surface area (Å²) in [6, 6.07) is 0. The maximum absolute atomic E-state index is 12.8. The van der Waals surface area contributed by atoms with Crippen LogP contribution in [0, 0.1) is 0 Å². The first kappa shape index (κ1) is 65.1. The van der Waals surface area contributed by atoms with Crippen LogP contribution < -0.4 is 0 Å². The van der Waals surface area contributed by atoms with E-state index < -0.39 is 6.10 Å². The fourth-order valence-electron chi connectivity index (χ4n) is 7.58. The fourth-order valence-corrected chi connectivity index (χ4v) is 7.58. The molecular weight excluding hydrogens is 853 g/mol. The minimum atomic E-state index is -0.790. The van der Waals surface area contributed by atoms with Gasteiger partial charge in [-0.2, -0.15) is 0 Å². The molecule has 0 aliphatic heterocycles. The zero-order valence-corrected chi connectivity index (χ0v) is 44.8. The summed E-state index contributed by atoms with van der Waals surface area (Å²) >= 11 is 0. The Morgan fingerprint density at radius 3 is 0.884 bits per heavy atom. The molecule has 0 aliphatic rings. The van der Waals surface area contributed by atoms with Crippen molar-refractivity contribution in [2.45, 2.75) is 258 Å². The summed E-state index contributed by atoms with van der Waals surface area (Å²) in [4.78, 5) is 37.9. The Kier molecular flexibility index (Phi) is 53.4. The molecule has 0 saturated carbocycles. The number of allylic oxidation sites excluding steroid dienone is 18. The van der Waals surface area contributed by atoms with Gasteiger partial charge >= 0.3 is 17.9 Å². The summed E-state index contributed by atoms with van der Waals surface area (Å²) in [5.41, 5.74) is 0. The Morgan fingerprint density at radius 2 is 0.565 bits per heavy atom. The van der Waals surface area contributed by atoms with Crippen LogP contribution in [-0.4, -0.2) is 37.2 Å². The van der Waals surface area contributed by atoms with E-state index in [-0.39, 0.29) is 31.1 Å². The van der Waals surface area contributed by atoms with Gasteiger partial charge in [-0.3, -0.25) is 14.4 Å². The zero-order valence-electron chi connectivity index (χ0n) is 44.8. The van der Waals surface area contributed by atoms with Crippen molar-refractivity contribution < 1.29 is 28.6 Å². The van der Waals surface area contributed by atoms with E-state index in [9.17, 15) is 14.4 Å².